The number of aryl methyl sites for hydroxylation is 1. The zero-order valence-electron chi connectivity index (χ0n) is 11.9. The third-order valence-corrected chi connectivity index (χ3v) is 6.05. The highest BCUT2D eigenvalue weighted by molar-refractivity contribution is 8.03. The number of imidazole rings is 1. The third-order valence-electron chi connectivity index (χ3n) is 3.53. The van der Waals surface area contributed by atoms with Crippen LogP contribution in [0.3, 0.4) is 0 Å². The Morgan fingerprint density at radius 1 is 1.29 bits per heavy atom. The Morgan fingerprint density at radius 2 is 2.10 bits per heavy atom. The maximum absolute atomic E-state index is 13.1. The number of nitrogens with zero attached hydrogens (tertiary/aromatic N) is 1. The van der Waals surface area contributed by atoms with E-state index in [-0.39, 0.29) is 5.82 Å². The molecule has 0 saturated carbocycles. The van der Waals surface area contributed by atoms with Gasteiger partial charge in [0.15, 0.2) is 0 Å². The van der Waals surface area contributed by atoms with Crippen molar-refractivity contribution < 1.29 is 4.39 Å². The van der Waals surface area contributed by atoms with E-state index in [2.05, 4.69) is 15.3 Å². The lowest BCUT2D eigenvalue weighted by Crippen LogP contribution is -2.34. The first-order chi connectivity index (χ1) is 10.3. The molecule has 1 aliphatic rings. The number of hydrogen-bond donors (Lipinski definition) is 2. The third kappa shape index (κ3) is 4.37. The lowest BCUT2D eigenvalue weighted by atomic mass is 10.3. The average Bonchev–Trinajstić information content (AvgIpc) is 2.69. The molecule has 0 aliphatic carbocycles. The molecule has 0 atom stereocenters. The van der Waals surface area contributed by atoms with Crippen LogP contribution in [0.4, 0.5) is 4.39 Å². The Balaban J connectivity index is 1.45. The molecule has 0 unspecified atom stereocenters. The highest BCUT2D eigenvalue weighted by Crippen LogP contribution is 2.17. The molecule has 3 nitrogen and oxygen atoms in total. The van der Waals surface area contributed by atoms with Gasteiger partial charge in [-0.25, -0.2) is 9.37 Å². The van der Waals surface area contributed by atoms with E-state index in [1.165, 1.54) is 35.1 Å². The highest BCUT2D eigenvalue weighted by Gasteiger charge is 2.11. The molecule has 0 radical (unpaired) electrons. The molecule has 2 N–H and O–H groups in total. The molecule has 0 amide bonds. The summed E-state index contributed by atoms with van der Waals surface area (Å²) in [4.78, 5) is 7.69. The van der Waals surface area contributed by atoms with Gasteiger partial charge in [-0.15, -0.1) is 0 Å². The minimum atomic E-state index is -0.220. The number of hydrogen-bond acceptors (Lipinski definition) is 4. The van der Waals surface area contributed by atoms with Crippen LogP contribution in [0.5, 0.6) is 0 Å². The van der Waals surface area contributed by atoms with Crippen molar-refractivity contribution in [2.24, 2.45) is 0 Å². The van der Waals surface area contributed by atoms with Crippen LogP contribution in [-0.2, 0) is 6.42 Å². The van der Waals surface area contributed by atoms with Gasteiger partial charge in [0.1, 0.15) is 11.6 Å². The number of fused-ring (bicyclic) bond motifs is 1. The Bertz CT molecular complexity index is 579. The smallest absolute Gasteiger partial charge is 0.125 e. The largest absolute Gasteiger partial charge is 0.342 e. The van der Waals surface area contributed by atoms with Gasteiger partial charge in [0, 0.05) is 35.5 Å². The van der Waals surface area contributed by atoms with Crippen molar-refractivity contribution in [1.29, 1.82) is 0 Å². The summed E-state index contributed by atoms with van der Waals surface area (Å²) in [5.74, 6) is 5.72. The van der Waals surface area contributed by atoms with Crippen LogP contribution in [0.2, 0.25) is 0 Å². The van der Waals surface area contributed by atoms with Crippen LogP contribution in [0.1, 0.15) is 12.2 Å². The second-order valence-electron chi connectivity index (χ2n) is 5.25. The van der Waals surface area contributed by atoms with Crippen LogP contribution < -0.4 is 5.32 Å². The van der Waals surface area contributed by atoms with E-state index < -0.39 is 0 Å². The minimum absolute atomic E-state index is 0.220. The second-order valence-corrected chi connectivity index (χ2v) is 7.55. The van der Waals surface area contributed by atoms with Gasteiger partial charge in [-0.05, 0) is 31.2 Å². The Kier molecular flexibility index (Phi) is 5.43. The summed E-state index contributed by atoms with van der Waals surface area (Å²) in [5, 5.41) is 3.63. The van der Waals surface area contributed by atoms with Crippen LogP contribution in [0.25, 0.3) is 11.0 Å². The SMILES string of the molecule is Fc1ccc2nc(CCCNC3CSCCSC3)[nH]c2c1. The Labute approximate surface area is 132 Å². The Hall–Kier alpha value is -0.720. The van der Waals surface area contributed by atoms with Gasteiger partial charge in [-0.1, -0.05) is 0 Å². The maximum Gasteiger partial charge on any atom is 0.125 e. The number of benzene rings is 1. The minimum Gasteiger partial charge on any atom is -0.342 e. The van der Waals surface area contributed by atoms with Crippen molar-refractivity contribution in [3.8, 4) is 0 Å². The van der Waals surface area contributed by atoms with E-state index >= 15 is 0 Å². The van der Waals surface area contributed by atoms with Gasteiger partial charge >= 0.3 is 0 Å². The summed E-state index contributed by atoms with van der Waals surface area (Å²) in [6.07, 6.45) is 1.95. The molecular formula is C15H20FN3S2. The fraction of sp³-hybridized carbons (Fsp3) is 0.533. The number of halogens is 1. The number of thioether (sulfide) groups is 2. The number of nitrogens with one attached hydrogen (secondary N) is 2. The van der Waals surface area contributed by atoms with Crippen molar-refractivity contribution in [3.63, 3.8) is 0 Å². The average molecular weight is 325 g/mol. The first kappa shape index (κ1) is 15.2. The van der Waals surface area contributed by atoms with E-state index in [4.69, 9.17) is 0 Å². The van der Waals surface area contributed by atoms with Crippen LogP contribution >= 0.6 is 23.5 Å². The topological polar surface area (TPSA) is 40.7 Å². The van der Waals surface area contributed by atoms with E-state index in [0.717, 1.165) is 36.2 Å². The predicted molar refractivity (Wildman–Crippen MR) is 90.8 cm³/mol. The summed E-state index contributed by atoms with van der Waals surface area (Å²) < 4.78 is 13.1. The standard InChI is InChI=1S/C15H20FN3S2/c16-11-3-4-13-14(8-11)19-15(18-13)2-1-5-17-12-9-20-6-7-21-10-12/h3-4,8,12,17H,1-2,5-7,9-10H2,(H,18,19). The fourth-order valence-corrected chi connectivity index (χ4v) is 4.92. The van der Waals surface area contributed by atoms with Gasteiger partial charge in [-0.2, -0.15) is 23.5 Å². The second kappa shape index (κ2) is 7.51. The van der Waals surface area contributed by atoms with Gasteiger partial charge in [-0.3, -0.25) is 0 Å². The molecule has 6 heteroatoms. The number of H-pyrrole nitrogens is 1. The molecule has 1 saturated heterocycles. The molecule has 2 heterocycles. The van der Waals surface area contributed by atoms with Gasteiger partial charge < -0.3 is 10.3 Å². The van der Waals surface area contributed by atoms with Crippen molar-refractivity contribution in [1.82, 2.24) is 15.3 Å². The number of aromatic amines is 1. The molecule has 1 aromatic carbocycles. The van der Waals surface area contributed by atoms with Crippen molar-refractivity contribution in [2.45, 2.75) is 18.9 Å². The zero-order valence-corrected chi connectivity index (χ0v) is 13.5. The zero-order chi connectivity index (χ0) is 14.5. The molecule has 0 spiro atoms. The molecule has 1 aliphatic heterocycles. The van der Waals surface area contributed by atoms with Gasteiger partial charge in [0.25, 0.3) is 0 Å². The van der Waals surface area contributed by atoms with E-state index in [0.29, 0.717) is 6.04 Å². The van der Waals surface area contributed by atoms with E-state index in [9.17, 15) is 4.39 Å². The summed E-state index contributed by atoms with van der Waals surface area (Å²) >= 11 is 4.09. The van der Waals surface area contributed by atoms with Crippen molar-refractivity contribution in [3.05, 3.63) is 29.8 Å². The first-order valence-electron chi connectivity index (χ1n) is 7.34. The molecule has 0 bridgehead atoms. The molecule has 114 valence electrons. The van der Waals surface area contributed by atoms with E-state index in [1.54, 1.807) is 6.07 Å². The first-order valence-corrected chi connectivity index (χ1v) is 9.65. The monoisotopic (exact) mass is 325 g/mol. The van der Waals surface area contributed by atoms with Crippen LogP contribution in [-0.4, -0.2) is 45.6 Å². The number of aromatic nitrogens is 2. The fourth-order valence-electron chi connectivity index (χ4n) is 2.45. The summed E-state index contributed by atoms with van der Waals surface area (Å²) in [6, 6.07) is 5.32. The highest BCUT2D eigenvalue weighted by atomic mass is 32.2. The molecular weight excluding hydrogens is 305 g/mol. The predicted octanol–water partition coefficient (Wildman–Crippen LogP) is 3.07. The quantitative estimate of drug-likeness (QED) is 0.829. The van der Waals surface area contributed by atoms with Crippen LogP contribution in [0.15, 0.2) is 18.2 Å². The van der Waals surface area contributed by atoms with Crippen LogP contribution in [0, 0.1) is 5.82 Å². The lowest BCUT2D eigenvalue weighted by molar-refractivity contribution is 0.579. The van der Waals surface area contributed by atoms with Gasteiger partial charge in [0.05, 0.1) is 11.0 Å². The number of rotatable bonds is 5. The molecule has 1 aromatic heterocycles. The molecule has 2 aromatic rings. The van der Waals surface area contributed by atoms with Gasteiger partial charge in [0.2, 0.25) is 0 Å². The molecule has 21 heavy (non-hydrogen) atoms. The molecule has 3 rings (SSSR count). The van der Waals surface area contributed by atoms with Crippen molar-refractivity contribution >= 4 is 34.6 Å². The Morgan fingerprint density at radius 3 is 2.90 bits per heavy atom. The summed E-state index contributed by atoms with van der Waals surface area (Å²) in [5.41, 5.74) is 1.63. The summed E-state index contributed by atoms with van der Waals surface area (Å²) in [7, 11) is 0. The van der Waals surface area contributed by atoms with E-state index in [1.807, 2.05) is 23.5 Å². The normalized spacial score (nSPS) is 17.2. The van der Waals surface area contributed by atoms with Crippen molar-refractivity contribution in [2.75, 3.05) is 29.6 Å². The lowest BCUT2D eigenvalue weighted by Gasteiger charge is -2.14. The maximum atomic E-state index is 13.1. The summed E-state index contributed by atoms with van der Waals surface area (Å²) in [6.45, 7) is 1.01. The molecule has 1 fully saturated rings.